The van der Waals surface area contributed by atoms with E-state index in [1.54, 1.807) is 0 Å². The molecule has 0 fully saturated rings. The van der Waals surface area contributed by atoms with E-state index in [1.165, 1.54) is 0 Å². The largest absolute Gasteiger partial charge is 0.368 e. The number of urea groups is 1. The van der Waals surface area contributed by atoms with Crippen molar-refractivity contribution in [2.45, 2.75) is 26.3 Å². The number of amides is 3. The maximum atomic E-state index is 12.3. The highest BCUT2D eigenvalue weighted by Gasteiger charge is 2.23. The summed E-state index contributed by atoms with van der Waals surface area (Å²) in [6, 6.07) is 16.2. The van der Waals surface area contributed by atoms with Crippen molar-refractivity contribution < 1.29 is 9.59 Å². The van der Waals surface area contributed by atoms with E-state index in [-0.39, 0.29) is 5.92 Å². The van der Waals surface area contributed by atoms with Crippen molar-refractivity contribution in [3.8, 4) is 11.1 Å². The molecule has 2 atom stereocenters. The van der Waals surface area contributed by atoms with Crippen LogP contribution in [0.2, 0.25) is 0 Å². The van der Waals surface area contributed by atoms with Crippen LogP contribution in [0.25, 0.3) is 11.1 Å². The number of hydrogen-bond donors (Lipinski definition) is 3. The Labute approximate surface area is 142 Å². The zero-order chi connectivity index (χ0) is 17.5. The maximum Gasteiger partial charge on any atom is 0.319 e. The van der Waals surface area contributed by atoms with Gasteiger partial charge in [-0.1, -0.05) is 68.8 Å². The van der Waals surface area contributed by atoms with E-state index in [0.717, 1.165) is 17.5 Å². The molecule has 0 heterocycles. The number of para-hydroxylation sites is 1. The Morgan fingerprint density at radius 3 is 2.29 bits per heavy atom. The van der Waals surface area contributed by atoms with Gasteiger partial charge in [0, 0.05) is 5.56 Å². The molecule has 3 amide bonds. The molecule has 0 aromatic heterocycles. The Morgan fingerprint density at radius 1 is 1.04 bits per heavy atom. The minimum absolute atomic E-state index is 0.0300. The first-order chi connectivity index (χ1) is 11.5. The monoisotopic (exact) mass is 325 g/mol. The van der Waals surface area contributed by atoms with Crippen molar-refractivity contribution in [2.24, 2.45) is 11.7 Å². The number of rotatable bonds is 6. The van der Waals surface area contributed by atoms with Gasteiger partial charge >= 0.3 is 6.03 Å². The summed E-state index contributed by atoms with van der Waals surface area (Å²) in [4.78, 5) is 23.9. The Morgan fingerprint density at radius 2 is 1.67 bits per heavy atom. The molecule has 5 heteroatoms. The van der Waals surface area contributed by atoms with Crippen molar-refractivity contribution in [1.29, 1.82) is 0 Å². The lowest BCUT2D eigenvalue weighted by molar-refractivity contribution is -0.120. The van der Waals surface area contributed by atoms with E-state index in [4.69, 9.17) is 5.73 Å². The predicted octanol–water partition coefficient (Wildman–Crippen LogP) is 3.38. The number of benzene rings is 2. The summed E-state index contributed by atoms with van der Waals surface area (Å²) in [7, 11) is 0. The van der Waals surface area contributed by atoms with Crippen molar-refractivity contribution in [3.05, 3.63) is 54.6 Å². The Balaban J connectivity index is 2.17. The summed E-state index contributed by atoms with van der Waals surface area (Å²) in [5, 5.41) is 5.49. The van der Waals surface area contributed by atoms with Gasteiger partial charge in [0.05, 0.1) is 5.69 Å². The fourth-order valence-electron chi connectivity index (χ4n) is 2.49. The molecule has 0 radical (unpaired) electrons. The summed E-state index contributed by atoms with van der Waals surface area (Å²) in [6.45, 7) is 3.83. The van der Waals surface area contributed by atoms with Gasteiger partial charge < -0.3 is 16.4 Å². The van der Waals surface area contributed by atoms with Gasteiger partial charge in [0.2, 0.25) is 5.91 Å². The molecule has 5 nitrogen and oxygen atoms in total. The summed E-state index contributed by atoms with van der Waals surface area (Å²) < 4.78 is 0. The third kappa shape index (κ3) is 4.35. The van der Waals surface area contributed by atoms with Gasteiger partial charge in [0.15, 0.2) is 0 Å². The lowest BCUT2D eigenvalue weighted by atomic mass is 9.99. The smallest absolute Gasteiger partial charge is 0.319 e. The quantitative estimate of drug-likeness (QED) is 0.760. The van der Waals surface area contributed by atoms with Crippen LogP contribution in [0.1, 0.15) is 20.3 Å². The molecule has 0 saturated heterocycles. The first-order valence-electron chi connectivity index (χ1n) is 8.04. The molecule has 0 aliphatic heterocycles. The number of nitrogens with one attached hydrogen (secondary N) is 2. The highest BCUT2D eigenvalue weighted by atomic mass is 16.2. The maximum absolute atomic E-state index is 12.3. The van der Waals surface area contributed by atoms with E-state index < -0.39 is 18.0 Å². The number of hydrogen-bond acceptors (Lipinski definition) is 2. The van der Waals surface area contributed by atoms with Crippen molar-refractivity contribution in [3.63, 3.8) is 0 Å². The van der Waals surface area contributed by atoms with Gasteiger partial charge in [-0.2, -0.15) is 0 Å². The van der Waals surface area contributed by atoms with Gasteiger partial charge in [0.25, 0.3) is 0 Å². The molecule has 4 N–H and O–H groups in total. The van der Waals surface area contributed by atoms with Gasteiger partial charge in [-0.05, 0) is 17.5 Å². The summed E-state index contributed by atoms with van der Waals surface area (Å²) >= 11 is 0. The van der Waals surface area contributed by atoms with Crippen molar-refractivity contribution in [2.75, 3.05) is 5.32 Å². The molecular weight excluding hydrogens is 302 g/mol. The van der Waals surface area contributed by atoms with Crippen molar-refractivity contribution in [1.82, 2.24) is 5.32 Å². The lowest BCUT2D eigenvalue weighted by Gasteiger charge is -2.21. The number of anilines is 1. The van der Waals surface area contributed by atoms with Crippen LogP contribution in [-0.4, -0.2) is 18.0 Å². The molecule has 24 heavy (non-hydrogen) atoms. The highest BCUT2D eigenvalue weighted by Crippen LogP contribution is 2.27. The van der Waals surface area contributed by atoms with Crippen molar-refractivity contribution >= 4 is 17.6 Å². The van der Waals surface area contributed by atoms with E-state index in [0.29, 0.717) is 5.69 Å². The second-order valence-corrected chi connectivity index (χ2v) is 5.78. The molecule has 0 spiro atoms. The molecule has 2 aromatic carbocycles. The zero-order valence-corrected chi connectivity index (χ0v) is 14.0. The van der Waals surface area contributed by atoms with Gasteiger partial charge in [-0.25, -0.2) is 4.79 Å². The molecule has 2 rings (SSSR count). The first kappa shape index (κ1) is 17.5. The van der Waals surface area contributed by atoms with E-state index in [2.05, 4.69) is 10.6 Å². The normalized spacial score (nSPS) is 12.9. The average molecular weight is 325 g/mol. The molecule has 126 valence electrons. The van der Waals surface area contributed by atoms with E-state index in [1.807, 2.05) is 68.4 Å². The van der Waals surface area contributed by atoms with Crippen LogP contribution in [0.5, 0.6) is 0 Å². The molecule has 0 aliphatic rings. The minimum atomic E-state index is -0.695. The third-order valence-electron chi connectivity index (χ3n) is 4.07. The second kappa shape index (κ2) is 8.15. The second-order valence-electron chi connectivity index (χ2n) is 5.78. The van der Waals surface area contributed by atoms with Crippen LogP contribution in [0.4, 0.5) is 10.5 Å². The summed E-state index contributed by atoms with van der Waals surface area (Å²) in [6.07, 6.45) is 0.745. The van der Waals surface area contributed by atoms with Crippen LogP contribution in [0.3, 0.4) is 0 Å². The Hall–Kier alpha value is -2.82. The van der Waals surface area contributed by atoms with Crippen LogP contribution in [0, 0.1) is 5.92 Å². The van der Waals surface area contributed by atoms with Crippen LogP contribution < -0.4 is 16.4 Å². The standard InChI is InChI=1S/C19H23N3O2/c1-3-13(2)17(18(20)23)22-19(24)21-16-12-8-7-11-15(16)14-9-5-4-6-10-14/h4-13,17H,3H2,1-2H3,(H2,20,23)(H2,21,22,24)/t13-,17-/m1/s1. The Kier molecular flexibility index (Phi) is 5.95. The SMILES string of the molecule is CC[C@@H](C)[C@@H](NC(=O)Nc1ccccc1-c1ccccc1)C(N)=O. The molecule has 0 bridgehead atoms. The molecule has 0 aliphatic carbocycles. The first-order valence-corrected chi connectivity index (χ1v) is 8.04. The van der Waals surface area contributed by atoms with E-state index >= 15 is 0 Å². The zero-order valence-electron chi connectivity index (χ0n) is 14.0. The number of carbonyl (C=O) groups excluding carboxylic acids is 2. The highest BCUT2D eigenvalue weighted by molar-refractivity contribution is 5.96. The molecular formula is C19H23N3O2. The predicted molar refractivity (Wildman–Crippen MR) is 96.5 cm³/mol. The molecule has 0 unspecified atom stereocenters. The fourth-order valence-corrected chi connectivity index (χ4v) is 2.49. The fraction of sp³-hybridized carbons (Fsp3) is 0.263. The topological polar surface area (TPSA) is 84.2 Å². The number of nitrogens with two attached hydrogens (primary N) is 1. The number of primary amides is 1. The number of carbonyl (C=O) groups is 2. The lowest BCUT2D eigenvalue weighted by Crippen LogP contribution is -2.49. The van der Waals surface area contributed by atoms with Crippen LogP contribution >= 0.6 is 0 Å². The third-order valence-corrected chi connectivity index (χ3v) is 4.07. The van der Waals surface area contributed by atoms with Crippen LogP contribution in [-0.2, 0) is 4.79 Å². The Bertz CT molecular complexity index is 701. The van der Waals surface area contributed by atoms with Gasteiger partial charge in [-0.3, -0.25) is 4.79 Å². The molecule has 0 saturated carbocycles. The van der Waals surface area contributed by atoms with E-state index in [9.17, 15) is 9.59 Å². The summed E-state index contributed by atoms with van der Waals surface area (Å²) in [5.41, 5.74) is 7.98. The van der Waals surface area contributed by atoms with Crippen LogP contribution in [0.15, 0.2) is 54.6 Å². The molecule has 2 aromatic rings. The minimum Gasteiger partial charge on any atom is -0.368 e. The van der Waals surface area contributed by atoms with Gasteiger partial charge in [0.1, 0.15) is 6.04 Å². The summed E-state index contributed by atoms with van der Waals surface area (Å²) in [5.74, 6) is -0.562. The van der Waals surface area contributed by atoms with Gasteiger partial charge in [-0.15, -0.1) is 0 Å². The average Bonchev–Trinajstić information content (AvgIpc) is 2.60.